The van der Waals surface area contributed by atoms with E-state index in [1.54, 1.807) is 0 Å². The molecule has 3 rings (SSSR count). The smallest absolute Gasteiger partial charge is 0.0991 e. The topological polar surface area (TPSA) is 23.8 Å². The molecule has 0 saturated heterocycles. The Hall–Kier alpha value is -1.55. The summed E-state index contributed by atoms with van der Waals surface area (Å²) in [6.45, 7) is 3.89. The van der Waals surface area contributed by atoms with Gasteiger partial charge in [0.05, 0.1) is 11.6 Å². The fraction of sp³-hybridized carbons (Fsp3) is 0.625. The molecule has 2 aliphatic carbocycles. The van der Waals surface area contributed by atoms with E-state index in [0.717, 1.165) is 29.2 Å². The maximum atomic E-state index is 8.93. The van der Waals surface area contributed by atoms with E-state index in [9.17, 15) is 0 Å². The molecule has 1 nitrogen and oxygen atoms in total. The van der Waals surface area contributed by atoms with E-state index < -0.39 is 0 Å². The Morgan fingerprint density at radius 2 is 1.36 bits per heavy atom. The number of allylic oxidation sites excluding steroid dienone is 1. The van der Waals surface area contributed by atoms with Crippen molar-refractivity contribution < 1.29 is 0 Å². The number of hydrogen-bond donors (Lipinski definition) is 0. The summed E-state index contributed by atoms with van der Waals surface area (Å²) in [5, 5.41) is 8.93. The largest absolute Gasteiger partial charge is 0.192 e. The monoisotopic (exact) mass is 335 g/mol. The normalized spacial score (nSPS) is 29.7. The van der Waals surface area contributed by atoms with Gasteiger partial charge in [-0.25, -0.2) is 0 Å². The molecule has 0 radical (unpaired) electrons. The molecule has 2 saturated carbocycles. The second kappa shape index (κ2) is 9.23. The van der Waals surface area contributed by atoms with Crippen LogP contribution < -0.4 is 0 Å². The number of benzene rings is 1. The second-order valence-electron chi connectivity index (χ2n) is 8.44. The first-order chi connectivity index (χ1) is 12.3. The minimum Gasteiger partial charge on any atom is -0.192 e. The third-order valence-electron chi connectivity index (χ3n) is 6.81. The van der Waals surface area contributed by atoms with Crippen LogP contribution in [0.3, 0.4) is 0 Å². The van der Waals surface area contributed by atoms with E-state index in [-0.39, 0.29) is 0 Å². The van der Waals surface area contributed by atoms with Gasteiger partial charge in [0.2, 0.25) is 0 Å². The predicted octanol–water partition coefficient (Wildman–Crippen LogP) is 6.99. The van der Waals surface area contributed by atoms with E-state index >= 15 is 0 Å². The van der Waals surface area contributed by atoms with Crippen molar-refractivity contribution in [3.05, 3.63) is 48.0 Å². The van der Waals surface area contributed by atoms with Gasteiger partial charge in [0.15, 0.2) is 0 Å². The van der Waals surface area contributed by atoms with E-state index in [1.807, 2.05) is 12.1 Å². The van der Waals surface area contributed by atoms with Crippen molar-refractivity contribution in [1.82, 2.24) is 0 Å². The Morgan fingerprint density at radius 1 is 0.840 bits per heavy atom. The Labute approximate surface area is 154 Å². The average Bonchev–Trinajstić information content (AvgIpc) is 2.68. The fourth-order valence-corrected chi connectivity index (χ4v) is 5.08. The minimum atomic E-state index is 0.721. The van der Waals surface area contributed by atoms with E-state index in [0.29, 0.717) is 0 Å². The third-order valence-corrected chi connectivity index (χ3v) is 6.81. The Kier molecular flexibility index (Phi) is 6.74. The van der Waals surface area contributed by atoms with Crippen LogP contribution in [0.25, 0.3) is 0 Å². The van der Waals surface area contributed by atoms with Gasteiger partial charge in [-0.1, -0.05) is 43.9 Å². The Bertz CT molecular complexity index is 563. The van der Waals surface area contributed by atoms with Crippen molar-refractivity contribution in [3.8, 4) is 6.07 Å². The van der Waals surface area contributed by atoms with Gasteiger partial charge in [0.25, 0.3) is 0 Å². The van der Waals surface area contributed by atoms with Crippen LogP contribution in [0.1, 0.15) is 87.7 Å². The predicted molar refractivity (Wildman–Crippen MR) is 105 cm³/mol. The van der Waals surface area contributed by atoms with Crippen LogP contribution in [-0.4, -0.2) is 0 Å². The molecule has 0 unspecified atom stereocenters. The summed E-state index contributed by atoms with van der Waals surface area (Å²) >= 11 is 0. The van der Waals surface area contributed by atoms with Gasteiger partial charge in [-0.3, -0.25) is 0 Å². The van der Waals surface area contributed by atoms with E-state index in [4.69, 9.17) is 5.26 Å². The molecule has 1 aromatic rings. The van der Waals surface area contributed by atoms with Gasteiger partial charge in [0, 0.05) is 0 Å². The lowest BCUT2D eigenvalue weighted by Gasteiger charge is -2.32. The molecule has 0 heterocycles. The maximum absolute atomic E-state index is 8.93. The third kappa shape index (κ3) is 5.21. The van der Waals surface area contributed by atoms with Crippen LogP contribution >= 0.6 is 0 Å². The molecule has 0 aromatic heterocycles. The summed E-state index contributed by atoms with van der Waals surface area (Å²) in [4.78, 5) is 0. The highest BCUT2D eigenvalue weighted by molar-refractivity contribution is 5.33. The van der Waals surface area contributed by atoms with E-state index in [2.05, 4.69) is 30.9 Å². The second-order valence-corrected chi connectivity index (χ2v) is 8.44. The number of nitriles is 1. The summed E-state index contributed by atoms with van der Waals surface area (Å²) in [6, 6.07) is 10.5. The molecular weight excluding hydrogens is 302 g/mol. The molecule has 1 aromatic carbocycles. The lowest BCUT2D eigenvalue weighted by Crippen LogP contribution is -2.17. The van der Waals surface area contributed by atoms with Crippen molar-refractivity contribution in [3.63, 3.8) is 0 Å². The van der Waals surface area contributed by atoms with Gasteiger partial charge in [0.1, 0.15) is 0 Å². The van der Waals surface area contributed by atoms with Crippen molar-refractivity contribution >= 4 is 0 Å². The van der Waals surface area contributed by atoms with Crippen molar-refractivity contribution in [2.24, 2.45) is 17.8 Å². The van der Waals surface area contributed by atoms with Crippen LogP contribution in [0.5, 0.6) is 0 Å². The first-order valence-electron chi connectivity index (χ1n) is 10.4. The molecule has 0 N–H and O–H groups in total. The first-order valence-corrected chi connectivity index (χ1v) is 10.4. The fourth-order valence-electron chi connectivity index (χ4n) is 5.08. The summed E-state index contributed by atoms with van der Waals surface area (Å²) in [7, 11) is 0. The summed E-state index contributed by atoms with van der Waals surface area (Å²) < 4.78 is 0. The number of nitrogens with zero attached hydrogens (tertiary/aromatic N) is 1. The maximum Gasteiger partial charge on any atom is 0.0991 e. The Balaban J connectivity index is 1.37. The highest BCUT2D eigenvalue weighted by Crippen LogP contribution is 2.40. The van der Waals surface area contributed by atoms with Crippen molar-refractivity contribution in [1.29, 1.82) is 5.26 Å². The Morgan fingerprint density at radius 3 is 1.88 bits per heavy atom. The van der Waals surface area contributed by atoms with Crippen LogP contribution in [0.2, 0.25) is 0 Å². The molecular formula is C24H33N. The van der Waals surface area contributed by atoms with Crippen LogP contribution in [0.4, 0.5) is 0 Å². The molecule has 0 aliphatic heterocycles. The average molecular weight is 336 g/mol. The number of hydrogen-bond acceptors (Lipinski definition) is 1. The van der Waals surface area contributed by atoms with Gasteiger partial charge in [-0.05, 0) is 86.3 Å². The molecule has 0 bridgehead atoms. The number of rotatable bonds is 6. The van der Waals surface area contributed by atoms with E-state index in [1.165, 1.54) is 76.2 Å². The molecule has 0 atom stereocenters. The zero-order valence-electron chi connectivity index (χ0n) is 15.6. The molecule has 134 valence electrons. The zero-order chi connectivity index (χ0) is 17.5. The molecule has 0 amide bonds. The summed E-state index contributed by atoms with van der Waals surface area (Å²) in [5.41, 5.74) is 2.22. The molecule has 25 heavy (non-hydrogen) atoms. The van der Waals surface area contributed by atoms with Crippen molar-refractivity contribution in [2.45, 2.75) is 76.5 Å². The van der Waals surface area contributed by atoms with Gasteiger partial charge in [-0.15, -0.1) is 6.58 Å². The van der Waals surface area contributed by atoms with Crippen molar-refractivity contribution in [2.75, 3.05) is 0 Å². The van der Waals surface area contributed by atoms with Crippen LogP contribution in [0.15, 0.2) is 36.9 Å². The summed E-state index contributed by atoms with van der Waals surface area (Å²) in [6.07, 6.45) is 17.5. The highest BCUT2D eigenvalue weighted by Gasteiger charge is 2.25. The lowest BCUT2D eigenvalue weighted by molar-refractivity contribution is 0.231. The molecule has 2 aliphatic rings. The van der Waals surface area contributed by atoms with Crippen LogP contribution in [-0.2, 0) is 0 Å². The SMILES string of the molecule is C=CC[C@H]1CC[C@H](CCC2CCC(c3ccc(C#N)cc3)CC2)CC1. The van der Waals surface area contributed by atoms with Gasteiger partial charge < -0.3 is 0 Å². The minimum absolute atomic E-state index is 0.721. The molecule has 1 heteroatoms. The van der Waals surface area contributed by atoms with Gasteiger partial charge >= 0.3 is 0 Å². The lowest BCUT2D eigenvalue weighted by atomic mass is 9.74. The zero-order valence-corrected chi connectivity index (χ0v) is 15.6. The molecule has 0 spiro atoms. The van der Waals surface area contributed by atoms with Gasteiger partial charge in [-0.2, -0.15) is 5.26 Å². The molecule has 2 fully saturated rings. The first kappa shape index (κ1) is 18.2. The quantitative estimate of drug-likeness (QED) is 0.514. The summed E-state index contributed by atoms with van der Waals surface area (Å²) in [5.74, 6) is 3.60. The standard InChI is InChI=1S/C24H33N/c1-2-3-19-4-6-20(7-5-19)8-9-21-10-14-23(15-11-21)24-16-12-22(18-25)13-17-24/h2,12-13,16-17,19-21,23H,1,3-11,14-15H2/t19-,20-,21?,23?. The highest BCUT2D eigenvalue weighted by atomic mass is 14.3. The van der Waals surface area contributed by atoms with Crippen LogP contribution in [0, 0.1) is 29.1 Å².